The molecule has 0 spiro atoms. The van der Waals surface area contributed by atoms with E-state index in [0.717, 1.165) is 31.1 Å². The minimum absolute atomic E-state index is 0.931. The maximum Gasteiger partial charge on any atom is 0.129 e. The predicted molar refractivity (Wildman–Crippen MR) is 86.5 cm³/mol. The van der Waals surface area contributed by atoms with Crippen LogP contribution >= 0.6 is 11.8 Å². The molecule has 2 aromatic carbocycles. The molecule has 0 aliphatic carbocycles. The summed E-state index contributed by atoms with van der Waals surface area (Å²) in [7, 11) is 0. The van der Waals surface area contributed by atoms with Crippen molar-refractivity contribution in [3.63, 3.8) is 0 Å². The Morgan fingerprint density at radius 1 is 1.00 bits per heavy atom. The molecule has 102 valence electrons. The van der Waals surface area contributed by atoms with Gasteiger partial charge in [-0.3, -0.25) is 4.99 Å². The van der Waals surface area contributed by atoms with Gasteiger partial charge in [-0.2, -0.15) is 0 Å². The summed E-state index contributed by atoms with van der Waals surface area (Å²) in [5, 5.41) is 3.41. The molecule has 20 heavy (non-hydrogen) atoms. The zero-order chi connectivity index (χ0) is 13.6. The van der Waals surface area contributed by atoms with Crippen molar-refractivity contribution < 1.29 is 0 Å². The molecule has 3 rings (SSSR count). The van der Waals surface area contributed by atoms with Gasteiger partial charge in [0.2, 0.25) is 0 Å². The van der Waals surface area contributed by atoms with Gasteiger partial charge in [0, 0.05) is 29.3 Å². The Morgan fingerprint density at radius 2 is 1.80 bits per heavy atom. The minimum atomic E-state index is 0.931. The summed E-state index contributed by atoms with van der Waals surface area (Å²) in [4.78, 5) is 5.90. The van der Waals surface area contributed by atoms with Crippen LogP contribution in [0.5, 0.6) is 0 Å². The van der Waals surface area contributed by atoms with Crippen LogP contribution in [0.2, 0.25) is 0 Å². The van der Waals surface area contributed by atoms with Gasteiger partial charge < -0.3 is 5.32 Å². The third-order valence-corrected chi connectivity index (χ3v) is 4.42. The third kappa shape index (κ3) is 3.23. The van der Waals surface area contributed by atoms with Gasteiger partial charge in [-0.25, -0.2) is 0 Å². The van der Waals surface area contributed by atoms with Crippen molar-refractivity contribution in [2.75, 3.05) is 13.1 Å². The average Bonchev–Trinajstić information content (AvgIpc) is 2.55. The Hall–Kier alpha value is -1.74. The Labute approximate surface area is 124 Å². The van der Waals surface area contributed by atoms with Crippen molar-refractivity contribution in [3.8, 4) is 0 Å². The van der Waals surface area contributed by atoms with Gasteiger partial charge in [0.25, 0.3) is 0 Å². The number of thioether (sulfide) groups is 1. The highest BCUT2D eigenvalue weighted by atomic mass is 32.2. The zero-order valence-electron chi connectivity index (χ0n) is 11.4. The lowest BCUT2D eigenvalue weighted by molar-refractivity contribution is 0.741. The highest BCUT2D eigenvalue weighted by molar-refractivity contribution is 7.98. The van der Waals surface area contributed by atoms with Crippen LogP contribution in [0.25, 0.3) is 0 Å². The molecular formula is C17H18N2S. The molecule has 0 saturated heterocycles. The molecule has 0 aromatic heterocycles. The van der Waals surface area contributed by atoms with E-state index in [2.05, 4.69) is 64.9 Å². The standard InChI is InChI=1S/C17H18N2S/c1-2-7-14(8-3-1)13-20-16-10-5-4-9-15(16)17-18-11-6-12-19-17/h1-5,7-10H,6,11-13H2,(H,18,19). The lowest BCUT2D eigenvalue weighted by Crippen LogP contribution is -2.30. The van der Waals surface area contributed by atoms with E-state index in [1.807, 2.05) is 11.8 Å². The summed E-state index contributed by atoms with van der Waals surface area (Å²) in [6.45, 7) is 1.95. The molecule has 1 N–H and O–H groups in total. The maximum atomic E-state index is 4.61. The average molecular weight is 282 g/mol. The molecule has 0 amide bonds. The minimum Gasteiger partial charge on any atom is -0.370 e. The van der Waals surface area contributed by atoms with Crippen LogP contribution in [0, 0.1) is 0 Å². The number of aliphatic imine (C=N–C) groups is 1. The lowest BCUT2D eigenvalue weighted by atomic mass is 10.2. The summed E-state index contributed by atoms with van der Waals surface area (Å²) < 4.78 is 0. The fraction of sp³-hybridized carbons (Fsp3) is 0.235. The number of amidine groups is 1. The van der Waals surface area contributed by atoms with Crippen molar-refractivity contribution in [3.05, 3.63) is 65.7 Å². The lowest BCUT2D eigenvalue weighted by Gasteiger charge is -2.17. The summed E-state index contributed by atoms with van der Waals surface area (Å²) in [5.41, 5.74) is 2.58. The molecule has 1 aliphatic rings. The second kappa shape index (κ2) is 6.62. The normalized spacial score (nSPS) is 14.5. The number of hydrogen-bond acceptors (Lipinski definition) is 3. The van der Waals surface area contributed by atoms with E-state index in [-0.39, 0.29) is 0 Å². The van der Waals surface area contributed by atoms with Crippen LogP contribution in [0.1, 0.15) is 17.5 Å². The Morgan fingerprint density at radius 3 is 2.60 bits per heavy atom. The fourth-order valence-corrected chi connectivity index (χ4v) is 3.25. The second-order valence-electron chi connectivity index (χ2n) is 4.78. The van der Waals surface area contributed by atoms with E-state index in [1.54, 1.807) is 0 Å². The molecule has 1 heterocycles. The Balaban J connectivity index is 1.78. The van der Waals surface area contributed by atoms with Crippen molar-refractivity contribution in [1.29, 1.82) is 0 Å². The SMILES string of the molecule is c1ccc(CSc2ccccc2C2=NCCCN2)cc1. The number of nitrogens with one attached hydrogen (secondary N) is 1. The Kier molecular flexibility index (Phi) is 4.38. The van der Waals surface area contributed by atoms with Crippen LogP contribution in [-0.4, -0.2) is 18.9 Å². The van der Waals surface area contributed by atoms with Gasteiger partial charge >= 0.3 is 0 Å². The largest absolute Gasteiger partial charge is 0.370 e. The van der Waals surface area contributed by atoms with Crippen LogP contribution in [0.3, 0.4) is 0 Å². The van der Waals surface area contributed by atoms with Gasteiger partial charge in [0.05, 0.1) is 0 Å². The Bertz CT molecular complexity index is 593. The predicted octanol–water partition coefficient (Wildman–Crippen LogP) is 3.72. The second-order valence-corrected chi connectivity index (χ2v) is 5.80. The maximum absolute atomic E-state index is 4.61. The van der Waals surface area contributed by atoms with Crippen molar-refractivity contribution in [1.82, 2.24) is 5.32 Å². The van der Waals surface area contributed by atoms with Gasteiger partial charge in [-0.1, -0.05) is 48.5 Å². The fourth-order valence-electron chi connectivity index (χ4n) is 2.24. The number of benzene rings is 2. The quantitative estimate of drug-likeness (QED) is 0.864. The van der Waals surface area contributed by atoms with E-state index in [0.29, 0.717) is 0 Å². The van der Waals surface area contributed by atoms with Crippen molar-refractivity contribution in [2.24, 2.45) is 4.99 Å². The summed E-state index contributed by atoms with van der Waals surface area (Å²) in [5.74, 6) is 2.04. The van der Waals surface area contributed by atoms with Crippen molar-refractivity contribution >= 4 is 17.6 Å². The summed E-state index contributed by atoms with van der Waals surface area (Å²) >= 11 is 1.87. The molecule has 0 bridgehead atoms. The molecular weight excluding hydrogens is 264 g/mol. The van der Waals surface area contributed by atoms with E-state index in [1.165, 1.54) is 16.0 Å². The van der Waals surface area contributed by atoms with Crippen LogP contribution in [0.4, 0.5) is 0 Å². The van der Waals surface area contributed by atoms with Gasteiger partial charge in [0.15, 0.2) is 0 Å². The van der Waals surface area contributed by atoms with Gasteiger partial charge in [0.1, 0.15) is 5.84 Å². The first-order chi connectivity index (χ1) is 9.93. The zero-order valence-corrected chi connectivity index (χ0v) is 12.2. The van der Waals surface area contributed by atoms with Crippen LogP contribution in [-0.2, 0) is 5.75 Å². The first kappa shape index (κ1) is 13.3. The molecule has 0 radical (unpaired) electrons. The number of rotatable bonds is 4. The summed E-state index contributed by atoms with van der Waals surface area (Å²) in [6.07, 6.45) is 1.13. The summed E-state index contributed by atoms with van der Waals surface area (Å²) in [6, 6.07) is 19.1. The number of hydrogen-bond donors (Lipinski definition) is 1. The van der Waals surface area contributed by atoms with Crippen molar-refractivity contribution in [2.45, 2.75) is 17.1 Å². The monoisotopic (exact) mass is 282 g/mol. The highest BCUT2D eigenvalue weighted by Crippen LogP contribution is 2.26. The highest BCUT2D eigenvalue weighted by Gasteiger charge is 2.11. The molecule has 0 fully saturated rings. The molecule has 1 aliphatic heterocycles. The van der Waals surface area contributed by atoms with Gasteiger partial charge in [-0.05, 0) is 18.1 Å². The van der Waals surface area contributed by atoms with Crippen LogP contribution < -0.4 is 5.32 Å². The first-order valence-corrected chi connectivity index (χ1v) is 7.96. The van der Waals surface area contributed by atoms with Gasteiger partial charge in [-0.15, -0.1) is 11.8 Å². The molecule has 2 aromatic rings. The molecule has 2 nitrogen and oxygen atoms in total. The first-order valence-electron chi connectivity index (χ1n) is 6.98. The van der Waals surface area contributed by atoms with E-state index in [9.17, 15) is 0 Å². The smallest absolute Gasteiger partial charge is 0.129 e. The third-order valence-electron chi connectivity index (χ3n) is 3.28. The van der Waals surface area contributed by atoms with E-state index >= 15 is 0 Å². The molecule has 0 saturated carbocycles. The molecule has 0 unspecified atom stereocenters. The van der Waals surface area contributed by atoms with E-state index < -0.39 is 0 Å². The van der Waals surface area contributed by atoms with Crippen LogP contribution in [0.15, 0.2) is 64.5 Å². The molecule has 3 heteroatoms. The molecule has 0 atom stereocenters. The number of nitrogens with zero attached hydrogens (tertiary/aromatic N) is 1. The topological polar surface area (TPSA) is 24.4 Å². The van der Waals surface area contributed by atoms with E-state index in [4.69, 9.17) is 0 Å².